The zero-order chi connectivity index (χ0) is 41.2. The summed E-state index contributed by atoms with van der Waals surface area (Å²) in [5.74, 6) is -15.8. The summed E-state index contributed by atoms with van der Waals surface area (Å²) in [7, 11) is 0. The topological polar surface area (TPSA) is 206 Å². The highest BCUT2D eigenvalue weighted by Crippen LogP contribution is 2.88. The van der Waals surface area contributed by atoms with Crippen molar-refractivity contribution < 1.29 is 53.4 Å². The van der Waals surface area contributed by atoms with Crippen LogP contribution in [0, 0.1) is 63.1 Å². The predicted molar refractivity (Wildman–Crippen MR) is 199 cm³/mol. The monoisotopic (exact) mass is 809 g/mol. The van der Waals surface area contributed by atoms with Gasteiger partial charge < -0.3 is 10.2 Å². The number of carbonyl (C=O) groups excluding carboxylic acids is 8. The number of nitrogens with one attached hydrogen (secondary N) is 1. The van der Waals surface area contributed by atoms with Crippen LogP contribution >= 0.6 is 23.2 Å². The van der Waals surface area contributed by atoms with E-state index in [9.17, 15) is 39.0 Å². The molecule has 7 aliphatic rings. The summed E-state index contributed by atoms with van der Waals surface area (Å²) in [6.45, 7) is 8.33. The molecule has 2 amide bonds. The number of aliphatic hydroxyl groups is 1. The Morgan fingerprint density at radius 2 is 1.55 bits per heavy atom. The number of fused-ring (bicyclic) bond motifs is 4. The van der Waals surface area contributed by atoms with Crippen molar-refractivity contribution >= 4 is 75.7 Å². The van der Waals surface area contributed by atoms with Crippen molar-refractivity contribution in [2.24, 2.45) is 63.1 Å². The average Bonchev–Trinajstić information content (AvgIpc) is 3.76. The molecule has 56 heavy (non-hydrogen) atoms. The molecule has 0 aromatic carbocycles. The van der Waals surface area contributed by atoms with Crippen molar-refractivity contribution in [2.75, 3.05) is 0 Å². The Balaban J connectivity index is 1.41. The summed E-state index contributed by atoms with van der Waals surface area (Å²) in [6, 6.07) is 0. The molecule has 2 spiro atoms. The van der Waals surface area contributed by atoms with Gasteiger partial charge in [0.1, 0.15) is 21.8 Å². The average molecular weight is 811 g/mol. The lowest BCUT2D eigenvalue weighted by molar-refractivity contribution is -0.155. The third-order valence-electron chi connectivity index (χ3n) is 14.8. The Morgan fingerprint density at radius 1 is 0.875 bits per heavy atom. The summed E-state index contributed by atoms with van der Waals surface area (Å²) in [6.07, 6.45) is 7.03. The first-order chi connectivity index (χ1) is 26.3. The Hall–Kier alpha value is -3.87. The van der Waals surface area contributed by atoms with Gasteiger partial charge in [-0.15, -0.1) is 0 Å². The molecule has 0 bridgehead atoms. The number of allylic oxidation sites excluding steroid dienone is 7. The molecular weight excluding hydrogens is 765 g/mol. The van der Waals surface area contributed by atoms with E-state index < -0.39 is 132 Å². The molecule has 14 heteroatoms. The maximum Gasteiger partial charge on any atom is 0.306 e. The molecule has 12 nitrogen and oxygen atoms in total. The van der Waals surface area contributed by atoms with Gasteiger partial charge in [-0.3, -0.25) is 48.5 Å². The summed E-state index contributed by atoms with van der Waals surface area (Å²) >= 11 is 13.2. The van der Waals surface area contributed by atoms with Crippen LogP contribution < -0.4 is 5.32 Å². The van der Waals surface area contributed by atoms with Crippen LogP contribution in [0.2, 0.25) is 0 Å². The van der Waals surface area contributed by atoms with Crippen LogP contribution in [0.25, 0.3) is 0 Å². The molecule has 12 atom stereocenters. The van der Waals surface area contributed by atoms with Crippen molar-refractivity contribution in [1.29, 1.82) is 0 Å². The number of Topliss-reactive ketones (excluding diaryl/α,β-unsaturated/α-hetero) is 5. The van der Waals surface area contributed by atoms with E-state index in [0.717, 1.165) is 12.5 Å². The molecule has 0 aromatic heterocycles. The fourth-order valence-electron chi connectivity index (χ4n) is 12.7. The van der Waals surface area contributed by atoms with Gasteiger partial charge in [0.2, 0.25) is 11.8 Å². The van der Waals surface area contributed by atoms with Crippen molar-refractivity contribution in [3.63, 3.8) is 0 Å². The first-order valence-electron chi connectivity index (χ1n) is 19.5. The van der Waals surface area contributed by atoms with E-state index in [1.54, 1.807) is 13.8 Å². The highest BCUT2D eigenvalue weighted by atomic mass is 35.5. The second kappa shape index (κ2) is 13.1. The van der Waals surface area contributed by atoms with Gasteiger partial charge in [-0.1, -0.05) is 87.9 Å². The van der Waals surface area contributed by atoms with Crippen LogP contribution in [-0.2, 0) is 43.2 Å². The number of hydrogen-bond donors (Lipinski definition) is 3. The van der Waals surface area contributed by atoms with E-state index >= 15 is 14.4 Å². The summed E-state index contributed by atoms with van der Waals surface area (Å²) in [4.78, 5) is 129. The minimum Gasteiger partial charge on any atom is -0.481 e. The number of halogens is 2. The van der Waals surface area contributed by atoms with Gasteiger partial charge in [-0.2, -0.15) is 0 Å². The van der Waals surface area contributed by atoms with E-state index in [2.05, 4.69) is 5.32 Å². The molecule has 7 rings (SSSR count). The number of ketones is 6. The number of amides is 2. The normalized spacial score (nSPS) is 42.6. The zero-order valence-electron chi connectivity index (χ0n) is 31.8. The first kappa shape index (κ1) is 40.3. The van der Waals surface area contributed by atoms with Gasteiger partial charge in [-0.05, 0) is 69.3 Å². The van der Waals surface area contributed by atoms with Crippen LogP contribution in [0.5, 0.6) is 0 Å². The molecule has 298 valence electrons. The summed E-state index contributed by atoms with van der Waals surface area (Å²) in [5.41, 5.74) is -12.6. The maximum absolute atomic E-state index is 15.9. The lowest BCUT2D eigenvalue weighted by atomic mass is 9.63. The number of rotatable bonds is 12. The molecule has 1 saturated heterocycles. The highest BCUT2D eigenvalue weighted by molar-refractivity contribution is 6.57. The highest BCUT2D eigenvalue weighted by Gasteiger charge is 3.05. The minimum atomic E-state index is -2.74. The van der Waals surface area contributed by atoms with Crippen LogP contribution in [0.15, 0.2) is 45.5 Å². The van der Waals surface area contributed by atoms with Gasteiger partial charge in [-0.25, -0.2) is 0 Å². The van der Waals surface area contributed by atoms with E-state index in [4.69, 9.17) is 23.2 Å². The van der Waals surface area contributed by atoms with E-state index in [1.807, 2.05) is 6.92 Å². The molecule has 1 heterocycles. The van der Waals surface area contributed by atoms with Gasteiger partial charge in [0.05, 0.1) is 27.3 Å². The van der Waals surface area contributed by atoms with Crippen LogP contribution in [0.3, 0.4) is 0 Å². The Kier molecular flexibility index (Phi) is 9.42. The van der Waals surface area contributed by atoms with E-state index in [-0.39, 0.29) is 42.7 Å². The van der Waals surface area contributed by atoms with Crippen molar-refractivity contribution in [2.45, 2.75) is 91.6 Å². The van der Waals surface area contributed by atoms with Gasteiger partial charge in [0.15, 0.2) is 34.7 Å². The Bertz CT molecular complexity index is 2100. The number of unbranched alkanes of at least 4 members (excludes halogenated alkanes) is 3. The molecule has 5 fully saturated rings. The molecule has 4 saturated carbocycles. The van der Waals surface area contributed by atoms with Gasteiger partial charge in [0.25, 0.3) is 0 Å². The molecule has 0 unspecified atom stereocenters. The number of hydrogen-bond acceptors (Lipinski definition) is 10. The maximum atomic E-state index is 15.9. The number of carbonyl (C=O) groups is 9. The fraction of sp³-hybridized carbons (Fsp3) is 0.595. The largest absolute Gasteiger partial charge is 0.481 e. The lowest BCUT2D eigenvalue weighted by Crippen LogP contribution is -2.54. The molecule has 6 aliphatic carbocycles. The second-order valence-electron chi connectivity index (χ2n) is 17.1. The van der Waals surface area contributed by atoms with E-state index in [1.165, 1.54) is 32.1 Å². The number of piperidine rings is 1. The number of carboxylic acid groups (broad SMARTS) is 1. The van der Waals surface area contributed by atoms with Crippen LogP contribution in [0.4, 0.5) is 0 Å². The van der Waals surface area contributed by atoms with Crippen LogP contribution in [-0.4, -0.2) is 68.3 Å². The fourth-order valence-corrected chi connectivity index (χ4v) is 13.3. The minimum absolute atomic E-state index is 0.0237. The third-order valence-corrected chi connectivity index (χ3v) is 15.6. The number of imide groups is 1. The summed E-state index contributed by atoms with van der Waals surface area (Å²) < 4.78 is 0. The SMILES string of the molecule is C/C=C/C(=O)[C@@]1(O)C[C@@H]2C[C@H](C(=O)O)C[C@H](C)[C@H]2[C@@H]1C(=O)[C@]12C(=O)NC(=O)[C@@]1(CCCCCC)[C@]21C(=O)C(Cl)=C([C@@H]2[C@@H](C)[C@@]23C(=O)C(Cl)=C(/C=C/C)C3=O)C1=O. The Morgan fingerprint density at radius 3 is 2.16 bits per heavy atom. The van der Waals surface area contributed by atoms with Crippen molar-refractivity contribution in [1.82, 2.24) is 5.32 Å². The smallest absolute Gasteiger partial charge is 0.306 e. The van der Waals surface area contributed by atoms with Crippen molar-refractivity contribution in [3.8, 4) is 0 Å². The van der Waals surface area contributed by atoms with Gasteiger partial charge in [0, 0.05) is 17.1 Å². The van der Waals surface area contributed by atoms with Crippen molar-refractivity contribution in [3.05, 3.63) is 45.5 Å². The zero-order valence-corrected chi connectivity index (χ0v) is 33.3. The second-order valence-corrected chi connectivity index (χ2v) is 17.8. The standard InChI is InChI=1S/C42H45Cl2NO11/c1-6-9-10-11-14-39-36(54)45-37(55)42(39,32(49)27-24-18(4)15-20(35(52)53)16-21(24)17-38(27,56)23(46)13-8-3)41(39)31(48)25(29(44)34(41)51)26-19(5)40(26)30(47)22(12-7-2)28(43)33(40)50/h7-8,12-13,18-21,24,26-27,56H,6,9-11,14-17H2,1-5H3,(H,52,53)(H,45,54,55)/b12-7+,13-8+/t18-,19+,20+,21-,24+,26-,27+,38-,39-,40+,41-,42-/m0/s1. The van der Waals surface area contributed by atoms with Gasteiger partial charge >= 0.3 is 5.97 Å². The molecular formula is C42H45Cl2NO11. The Labute approximate surface area is 333 Å². The molecule has 0 aromatic rings. The molecule has 3 N–H and O–H groups in total. The molecule has 1 aliphatic heterocycles. The third kappa shape index (κ3) is 4.33. The predicted octanol–water partition coefficient (Wildman–Crippen LogP) is 4.53. The molecule has 0 radical (unpaired) electrons. The van der Waals surface area contributed by atoms with Crippen LogP contribution in [0.1, 0.15) is 86.0 Å². The first-order valence-corrected chi connectivity index (χ1v) is 20.2. The van der Waals surface area contributed by atoms with E-state index in [0.29, 0.717) is 12.8 Å². The quantitative estimate of drug-likeness (QED) is 0.108. The number of carboxylic acids is 1. The number of aliphatic carboxylic acids is 1. The lowest BCUT2D eigenvalue weighted by Gasteiger charge is -2.39. The summed E-state index contributed by atoms with van der Waals surface area (Å²) in [5, 5.41) is 23.6.